The number of carbonyl (C=O) groups is 2. The number of carbonyl (C=O) groups excluding carboxylic acids is 2. The van der Waals surface area contributed by atoms with E-state index in [0.29, 0.717) is 16.9 Å². The molecule has 0 radical (unpaired) electrons. The van der Waals surface area contributed by atoms with Gasteiger partial charge < -0.3 is 10.2 Å². The van der Waals surface area contributed by atoms with Crippen LogP contribution in [0.25, 0.3) is 0 Å². The molecule has 0 unspecified atom stereocenters. The van der Waals surface area contributed by atoms with E-state index in [4.69, 9.17) is 0 Å². The van der Waals surface area contributed by atoms with Crippen molar-refractivity contribution in [3.05, 3.63) is 53.1 Å². The molecule has 27 heavy (non-hydrogen) atoms. The lowest BCUT2D eigenvalue weighted by atomic mass is 10.1. The molecule has 1 heterocycles. The highest BCUT2D eigenvalue weighted by Crippen LogP contribution is 2.29. The SMILES string of the molecule is Cc1cccc(C)c1NC(=O)CNS(=O)(=O)c1ccc2c(c1)CC(=O)N2C. The summed E-state index contributed by atoms with van der Waals surface area (Å²) in [6.07, 6.45) is 0.169. The number of likely N-dealkylation sites (N-methyl/N-ethyl adjacent to an activating group) is 1. The summed E-state index contributed by atoms with van der Waals surface area (Å²) < 4.78 is 27.3. The molecule has 0 aliphatic carbocycles. The minimum Gasteiger partial charge on any atom is -0.324 e. The van der Waals surface area contributed by atoms with Gasteiger partial charge in [0.25, 0.3) is 0 Å². The molecular weight excluding hydrogens is 366 g/mol. The minimum absolute atomic E-state index is 0.0317. The Hall–Kier alpha value is -2.71. The molecule has 0 bridgehead atoms. The summed E-state index contributed by atoms with van der Waals surface area (Å²) in [7, 11) is -2.21. The maximum Gasteiger partial charge on any atom is 0.241 e. The molecule has 0 saturated carbocycles. The Kier molecular flexibility index (Phi) is 5.03. The third kappa shape index (κ3) is 3.86. The van der Waals surface area contributed by atoms with Crippen molar-refractivity contribution in [3.8, 4) is 0 Å². The van der Waals surface area contributed by atoms with Crippen LogP contribution >= 0.6 is 0 Å². The van der Waals surface area contributed by atoms with Crippen LogP contribution in [-0.4, -0.2) is 33.8 Å². The first-order valence-electron chi connectivity index (χ1n) is 8.44. The Morgan fingerprint density at radius 2 is 1.81 bits per heavy atom. The van der Waals surface area contributed by atoms with Gasteiger partial charge in [-0.1, -0.05) is 18.2 Å². The number of aryl methyl sites for hydroxylation is 2. The predicted octanol–water partition coefficient (Wildman–Crippen LogP) is 1.74. The predicted molar refractivity (Wildman–Crippen MR) is 103 cm³/mol. The fraction of sp³-hybridized carbons (Fsp3) is 0.263. The van der Waals surface area contributed by atoms with Gasteiger partial charge in [0.05, 0.1) is 17.9 Å². The maximum atomic E-state index is 12.5. The maximum absolute atomic E-state index is 12.5. The lowest BCUT2D eigenvalue weighted by molar-refractivity contribution is -0.117. The Labute approximate surface area is 158 Å². The number of anilines is 2. The number of sulfonamides is 1. The van der Waals surface area contributed by atoms with Gasteiger partial charge in [0.15, 0.2) is 0 Å². The zero-order valence-electron chi connectivity index (χ0n) is 15.4. The van der Waals surface area contributed by atoms with Crippen molar-refractivity contribution in [3.63, 3.8) is 0 Å². The molecule has 1 aliphatic heterocycles. The van der Waals surface area contributed by atoms with E-state index in [9.17, 15) is 18.0 Å². The first-order chi connectivity index (χ1) is 12.7. The summed E-state index contributed by atoms with van der Waals surface area (Å²) in [5, 5.41) is 2.74. The summed E-state index contributed by atoms with van der Waals surface area (Å²) in [6, 6.07) is 10.1. The Balaban J connectivity index is 1.70. The van der Waals surface area contributed by atoms with E-state index in [-0.39, 0.29) is 23.8 Å². The fourth-order valence-electron chi connectivity index (χ4n) is 3.05. The second-order valence-electron chi connectivity index (χ2n) is 6.56. The van der Waals surface area contributed by atoms with Crippen LogP contribution in [0.5, 0.6) is 0 Å². The topological polar surface area (TPSA) is 95.6 Å². The van der Waals surface area contributed by atoms with E-state index in [1.807, 2.05) is 32.0 Å². The minimum atomic E-state index is -3.87. The molecule has 2 aromatic carbocycles. The van der Waals surface area contributed by atoms with E-state index in [0.717, 1.165) is 11.1 Å². The number of hydrogen-bond acceptors (Lipinski definition) is 4. The molecule has 0 spiro atoms. The summed E-state index contributed by atoms with van der Waals surface area (Å²) >= 11 is 0. The van der Waals surface area contributed by atoms with Crippen LogP contribution < -0.4 is 14.9 Å². The van der Waals surface area contributed by atoms with Gasteiger partial charge in [-0.15, -0.1) is 0 Å². The van der Waals surface area contributed by atoms with Gasteiger partial charge in [-0.2, -0.15) is 0 Å². The van der Waals surface area contributed by atoms with Crippen LogP contribution in [0.3, 0.4) is 0 Å². The first kappa shape index (κ1) is 19.1. The van der Waals surface area contributed by atoms with E-state index in [1.165, 1.54) is 17.0 Å². The van der Waals surface area contributed by atoms with Gasteiger partial charge in [-0.05, 0) is 48.7 Å². The van der Waals surface area contributed by atoms with Crippen LogP contribution in [0.15, 0.2) is 41.3 Å². The number of amides is 2. The van der Waals surface area contributed by atoms with Crippen molar-refractivity contribution in [2.75, 3.05) is 23.8 Å². The molecule has 2 aromatic rings. The Morgan fingerprint density at radius 1 is 1.15 bits per heavy atom. The van der Waals surface area contributed by atoms with E-state index in [2.05, 4.69) is 10.0 Å². The molecule has 3 rings (SSSR count). The third-order valence-corrected chi connectivity index (χ3v) is 6.01. The van der Waals surface area contributed by atoms with Gasteiger partial charge in [0, 0.05) is 18.4 Å². The summed E-state index contributed by atoms with van der Waals surface area (Å²) in [4.78, 5) is 25.5. The average Bonchev–Trinajstić information content (AvgIpc) is 2.90. The van der Waals surface area contributed by atoms with Gasteiger partial charge in [-0.3, -0.25) is 9.59 Å². The van der Waals surface area contributed by atoms with Crippen molar-refractivity contribution in [2.24, 2.45) is 0 Å². The van der Waals surface area contributed by atoms with Crippen LogP contribution in [-0.2, 0) is 26.0 Å². The van der Waals surface area contributed by atoms with Gasteiger partial charge in [0.2, 0.25) is 21.8 Å². The Morgan fingerprint density at radius 3 is 2.48 bits per heavy atom. The van der Waals surface area contributed by atoms with E-state index in [1.54, 1.807) is 13.1 Å². The quantitative estimate of drug-likeness (QED) is 0.817. The number of rotatable bonds is 5. The second kappa shape index (κ2) is 7.13. The van der Waals surface area contributed by atoms with Crippen LogP contribution in [0, 0.1) is 13.8 Å². The highest BCUT2D eigenvalue weighted by molar-refractivity contribution is 7.89. The van der Waals surface area contributed by atoms with Crippen LogP contribution in [0.4, 0.5) is 11.4 Å². The molecule has 1 aliphatic rings. The van der Waals surface area contributed by atoms with Crippen molar-refractivity contribution >= 4 is 33.2 Å². The highest BCUT2D eigenvalue weighted by atomic mass is 32.2. The number of para-hydroxylation sites is 1. The second-order valence-corrected chi connectivity index (χ2v) is 8.33. The van der Waals surface area contributed by atoms with Crippen molar-refractivity contribution in [1.82, 2.24) is 4.72 Å². The zero-order valence-corrected chi connectivity index (χ0v) is 16.2. The molecular formula is C19H21N3O4S. The molecule has 142 valence electrons. The zero-order chi connectivity index (χ0) is 19.8. The summed E-state index contributed by atoms with van der Waals surface area (Å²) in [5.41, 5.74) is 3.84. The smallest absolute Gasteiger partial charge is 0.241 e. The van der Waals surface area contributed by atoms with Crippen molar-refractivity contribution < 1.29 is 18.0 Å². The molecule has 8 heteroatoms. The van der Waals surface area contributed by atoms with E-state index < -0.39 is 15.9 Å². The number of nitrogens with zero attached hydrogens (tertiary/aromatic N) is 1. The number of hydrogen-bond donors (Lipinski definition) is 2. The molecule has 0 atom stereocenters. The lowest BCUT2D eigenvalue weighted by Crippen LogP contribution is -2.33. The van der Waals surface area contributed by atoms with Crippen molar-refractivity contribution in [2.45, 2.75) is 25.2 Å². The Bertz CT molecular complexity index is 1010. The summed E-state index contributed by atoms with van der Waals surface area (Å²) in [6.45, 7) is 3.36. The number of benzene rings is 2. The lowest BCUT2D eigenvalue weighted by Gasteiger charge is -2.13. The highest BCUT2D eigenvalue weighted by Gasteiger charge is 2.26. The fourth-order valence-corrected chi connectivity index (χ4v) is 4.09. The van der Waals surface area contributed by atoms with Gasteiger partial charge in [-0.25, -0.2) is 13.1 Å². The first-order valence-corrected chi connectivity index (χ1v) is 9.92. The van der Waals surface area contributed by atoms with Gasteiger partial charge in [0.1, 0.15) is 0 Å². The number of nitrogens with one attached hydrogen (secondary N) is 2. The molecule has 0 fully saturated rings. The van der Waals surface area contributed by atoms with Crippen molar-refractivity contribution in [1.29, 1.82) is 0 Å². The molecule has 0 aromatic heterocycles. The molecule has 0 saturated heterocycles. The largest absolute Gasteiger partial charge is 0.324 e. The van der Waals surface area contributed by atoms with Crippen LogP contribution in [0.1, 0.15) is 16.7 Å². The standard InChI is InChI=1S/C19H21N3O4S/c1-12-5-4-6-13(2)19(12)21-17(23)11-20-27(25,26)15-7-8-16-14(9-15)10-18(24)22(16)3/h4-9,20H,10-11H2,1-3H3,(H,21,23). The number of fused-ring (bicyclic) bond motifs is 1. The molecule has 2 amide bonds. The van der Waals surface area contributed by atoms with E-state index >= 15 is 0 Å². The summed E-state index contributed by atoms with van der Waals surface area (Å²) in [5.74, 6) is -0.535. The molecule has 2 N–H and O–H groups in total. The third-order valence-electron chi connectivity index (χ3n) is 4.61. The molecule has 7 nitrogen and oxygen atoms in total. The van der Waals surface area contributed by atoms with Crippen LogP contribution in [0.2, 0.25) is 0 Å². The normalized spacial score (nSPS) is 13.6. The average molecular weight is 387 g/mol. The monoisotopic (exact) mass is 387 g/mol. The van der Waals surface area contributed by atoms with Gasteiger partial charge >= 0.3 is 0 Å².